The van der Waals surface area contributed by atoms with Crippen LogP contribution in [0.2, 0.25) is 0 Å². The summed E-state index contributed by atoms with van der Waals surface area (Å²) in [5.41, 5.74) is 1.07. The van der Waals surface area contributed by atoms with E-state index in [-0.39, 0.29) is 0 Å². The van der Waals surface area contributed by atoms with Crippen LogP contribution in [0.5, 0.6) is 11.5 Å². The number of thiocarbonyl (C=S) groups is 1. The minimum Gasteiger partial charge on any atom is -0.486 e. The van der Waals surface area contributed by atoms with Gasteiger partial charge in [0.2, 0.25) is 5.95 Å². The predicted octanol–water partition coefficient (Wildman–Crippen LogP) is 4.21. The highest BCUT2D eigenvalue weighted by molar-refractivity contribution is 7.80. The lowest BCUT2D eigenvalue weighted by atomic mass is 9.99. The smallest absolute Gasteiger partial charge is 0.232 e. The van der Waals surface area contributed by atoms with Gasteiger partial charge in [-0.3, -0.25) is 0 Å². The van der Waals surface area contributed by atoms with Crippen molar-refractivity contribution in [3.8, 4) is 11.5 Å². The molecule has 35 heavy (non-hydrogen) atoms. The second kappa shape index (κ2) is 10.8. The summed E-state index contributed by atoms with van der Waals surface area (Å²) in [4.78, 5) is 14.5. The molecule has 2 saturated heterocycles. The van der Waals surface area contributed by atoms with E-state index >= 15 is 0 Å². The zero-order chi connectivity index (χ0) is 24.2. The van der Waals surface area contributed by atoms with Crippen molar-refractivity contribution < 1.29 is 9.47 Å². The summed E-state index contributed by atoms with van der Waals surface area (Å²) in [6, 6.07) is 8.12. The number of anilines is 3. The van der Waals surface area contributed by atoms with Crippen LogP contribution in [0.4, 0.5) is 17.6 Å². The molecule has 9 heteroatoms. The molecule has 3 aliphatic rings. The lowest BCUT2D eigenvalue weighted by molar-refractivity contribution is 0.171. The summed E-state index contributed by atoms with van der Waals surface area (Å²) in [6.07, 6.45) is 4.86. The van der Waals surface area contributed by atoms with Crippen LogP contribution in [-0.4, -0.2) is 54.5 Å². The molecule has 2 fully saturated rings. The van der Waals surface area contributed by atoms with Gasteiger partial charge in [0, 0.05) is 38.8 Å². The van der Waals surface area contributed by atoms with Gasteiger partial charge in [-0.1, -0.05) is 19.9 Å². The SMILES string of the molecule is CC1CCN(c2cc(N3CCC[C@H](C)C3)nc(NC(=S)NCc3ccc4c(c3)OCCO4)n2)CC1. The van der Waals surface area contributed by atoms with E-state index in [1.54, 1.807) is 0 Å². The summed E-state index contributed by atoms with van der Waals surface area (Å²) >= 11 is 5.60. The third-order valence-corrected chi connectivity index (χ3v) is 7.32. The van der Waals surface area contributed by atoms with Crippen LogP contribution >= 0.6 is 12.2 Å². The molecule has 8 nitrogen and oxygen atoms in total. The number of benzene rings is 1. The Hall–Kier alpha value is -2.81. The molecule has 1 aromatic heterocycles. The van der Waals surface area contributed by atoms with Crippen molar-refractivity contribution in [2.24, 2.45) is 11.8 Å². The molecule has 0 unspecified atom stereocenters. The fourth-order valence-corrected chi connectivity index (χ4v) is 5.13. The van der Waals surface area contributed by atoms with Crippen molar-refractivity contribution in [1.82, 2.24) is 15.3 Å². The van der Waals surface area contributed by atoms with Crippen molar-refractivity contribution in [3.63, 3.8) is 0 Å². The predicted molar refractivity (Wildman–Crippen MR) is 144 cm³/mol. The molecule has 3 aliphatic heterocycles. The number of ether oxygens (including phenoxy) is 2. The second-order valence-corrected chi connectivity index (χ2v) is 10.5. The zero-order valence-electron chi connectivity index (χ0n) is 20.8. The van der Waals surface area contributed by atoms with Crippen LogP contribution in [0, 0.1) is 11.8 Å². The van der Waals surface area contributed by atoms with Gasteiger partial charge in [-0.25, -0.2) is 0 Å². The average molecular weight is 497 g/mol. The Morgan fingerprint density at radius 2 is 1.69 bits per heavy atom. The van der Waals surface area contributed by atoms with Crippen molar-refractivity contribution in [2.45, 2.75) is 46.1 Å². The van der Waals surface area contributed by atoms with Crippen LogP contribution < -0.4 is 29.9 Å². The Balaban J connectivity index is 1.28. The van der Waals surface area contributed by atoms with E-state index < -0.39 is 0 Å². The molecule has 188 valence electrons. The first-order valence-electron chi connectivity index (χ1n) is 12.9. The zero-order valence-corrected chi connectivity index (χ0v) is 21.6. The summed E-state index contributed by atoms with van der Waals surface area (Å²) in [7, 11) is 0. The van der Waals surface area contributed by atoms with Gasteiger partial charge in [0.05, 0.1) is 0 Å². The number of hydrogen-bond donors (Lipinski definition) is 2. The molecule has 0 spiro atoms. The van der Waals surface area contributed by atoms with E-state index in [2.05, 4.69) is 40.3 Å². The lowest BCUT2D eigenvalue weighted by Crippen LogP contribution is -2.37. The molecular weight excluding hydrogens is 460 g/mol. The van der Waals surface area contributed by atoms with Gasteiger partial charge in [-0.05, 0) is 67.4 Å². The first-order chi connectivity index (χ1) is 17.0. The molecule has 2 N–H and O–H groups in total. The first kappa shape index (κ1) is 23.9. The molecule has 0 radical (unpaired) electrons. The van der Waals surface area contributed by atoms with Gasteiger partial charge in [-0.2, -0.15) is 9.97 Å². The molecule has 0 saturated carbocycles. The number of nitrogens with one attached hydrogen (secondary N) is 2. The minimum absolute atomic E-state index is 0.502. The van der Waals surface area contributed by atoms with Crippen molar-refractivity contribution in [2.75, 3.05) is 54.5 Å². The lowest BCUT2D eigenvalue weighted by Gasteiger charge is -2.34. The molecular formula is C26H36N6O2S. The van der Waals surface area contributed by atoms with Crippen molar-refractivity contribution in [3.05, 3.63) is 29.8 Å². The average Bonchev–Trinajstić information content (AvgIpc) is 2.87. The largest absolute Gasteiger partial charge is 0.486 e. The molecule has 0 bridgehead atoms. The third-order valence-electron chi connectivity index (χ3n) is 7.07. The van der Waals surface area contributed by atoms with E-state index in [0.29, 0.717) is 36.7 Å². The maximum absolute atomic E-state index is 5.69. The highest BCUT2D eigenvalue weighted by atomic mass is 32.1. The molecule has 4 heterocycles. The molecule has 1 aromatic carbocycles. The Kier molecular flexibility index (Phi) is 7.41. The van der Waals surface area contributed by atoms with E-state index in [1.165, 1.54) is 25.7 Å². The molecule has 5 rings (SSSR count). The Morgan fingerprint density at radius 3 is 2.46 bits per heavy atom. The second-order valence-electron chi connectivity index (χ2n) is 10.1. The fourth-order valence-electron chi connectivity index (χ4n) is 4.96. The number of piperidine rings is 2. The number of aromatic nitrogens is 2. The van der Waals surface area contributed by atoms with Crippen molar-refractivity contribution in [1.29, 1.82) is 0 Å². The fraction of sp³-hybridized carbons (Fsp3) is 0.577. The maximum Gasteiger partial charge on any atom is 0.232 e. The summed E-state index contributed by atoms with van der Waals surface area (Å²) in [6.45, 7) is 10.5. The van der Waals surface area contributed by atoms with Crippen molar-refractivity contribution >= 4 is 34.9 Å². The van der Waals surface area contributed by atoms with Gasteiger partial charge >= 0.3 is 0 Å². The standard InChI is InChI=1S/C26H36N6O2S/c1-18-7-10-31(11-8-18)23-15-24(32-9-3-4-19(2)17-32)29-25(28-23)30-26(35)27-16-20-5-6-21-22(14-20)34-13-12-33-21/h5-6,14-15,18-19H,3-4,7-13,16-17H2,1-2H3,(H2,27,28,29,30,35)/t19-/m0/s1. The van der Waals surface area contributed by atoms with Gasteiger partial charge < -0.3 is 29.9 Å². The molecule has 0 amide bonds. The van der Waals surface area contributed by atoms with Gasteiger partial charge in [0.15, 0.2) is 16.6 Å². The van der Waals surface area contributed by atoms with Crippen LogP contribution in [0.1, 0.15) is 45.1 Å². The van der Waals surface area contributed by atoms with Crippen LogP contribution in [0.25, 0.3) is 0 Å². The van der Waals surface area contributed by atoms with Gasteiger partial charge in [0.25, 0.3) is 0 Å². The minimum atomic E-state index is 0.502. The Labute approximate surface area is 213 Å². The van der Waals surface area contributed by atoms with Crippen LogP contribution in [-0.2, 0) is 6.54 Å². The van der Waals surface area contributed by atoms with Crippen LogP contribution in [0.3, 0.4) is 0 Å². The van der Waals surface area contributed by atoms with Crippen LogP contribution in [0.15, 0.2) is 24.3 Å². The molecule has 0 aliphatic carbocycles. The van der Waals surface area contributed by atoms with E-state index in [0.717, 1.165) is 60.8 Å². The molecule has 2 aromatic rings. The normalized spacial score (nSPS) is 20.5. The molecule has 1 atom stereocenters. The third kappa shape index (κ3) is 6.07. The summed E-state index contributed by atoms with van der Waals surface area (Å²) in [5.74, 6) is 5.52. The number of nitrogens with zero attached hydrogens (tertiary/aromatic N) is 4. The summed E-state index contributed by atoms with van der Waals surface area (Å²) < 4.78 is 11.3. The van der Waals surface area contributed by atoms with Gasteiger partial charge in [0.1, 0.15) is 24.8 Å². The topological polar surface area (TPSA) is 74.8 Å². The van der Waals surface area contributed by atoms with E-state index in [4.69, 9.17) is 31.7 Å². The van der Waals surface area contributed by atoms with E-state index in [9.17, 15) is 0 Å². The number of rotatable bonds is 5. The first-order valence-corrected chi connectivity index (χ1v) is 13.3. The number of hydrogen-bond acceptors (Lipinski definition) is 7. The van der Waals surface area contributed by atoms with E-state index in [1.807, 2.05) is 18.2 Å². The highest BCUT2D eigenvalue weighted by Gasteiger charge is 2.23. The number of fused-ring (bicyclic) bond motifs is 1. The Bertz CT molecular complexity index is 1040. The highest BCUT2D eigenvalue weighted by Crippen LogP contribution is 2.31. The maximum atomic E-state index is 5.69. The summed E-state index contributed by atoms with van der Waals surface area (Å²) in [5, 5.41) is 7.03. The van der Waals surface area contributed by atoms with Gasteiger partial charge in [-0.15, -0.1) is 0 Å². The quantitative estimate of drug-likeness (QED) is 0.592. The monoisotopic (exact) mass is 496 g/mol. The Morgan fingerprint density at radius 1 is 0.943 bits per heavy atom.